The molecule has 0 unspecified atom stereocenters. The van der Waals surface area contributed by atoms with Crippen molar-refractivity contribution in [2.45, 2.75) is 25.7 Å². The molecule has 3 heterocycles. The second-order valence-electron chi connectivity index (χ2n) is 8.60. The maximum Gasteiger partial charge on any atom is 0.332 e. The van der Waals surface area contributed by atoms with Crippen LogP contribution in [0.5, 0.6) is 0 Å². The number of rotatable bonds is 8. The van der Waals surface area contributed by atoms with E-state index in [2.05, 4.69) is 15.2 Å². The minimum atomic E-state index is -0.491. The minimum Gasteiger partial charge on any atom is -0.340 e. The van der Waals surface area contributed by atoms with Gasteiger partial charge in [-0.25, -0.2) is 14.2 Å². The van der Waals surface area contributed by atoms with Gasteiger partial charge in [-0.3, -0.25) is 23.8 Å². The maximum atomic E-state index is 13.1. The molecule has 0 fully saturated rings. The summed E-state index contributed by atoms with van der Waals surface area (Å²) < 4.78 is 15.4. The second-order valence-corrected chi connectivity index (χ2v) is 8.60. The Kier molecular flexibility index (Phi) is 6.90. The number of hydrogen-bond donors (Lipinski definition) is 1. The lowest BCUT2D eigenvalue weighted by Crippen LogP contribution is -2.37. The lowest BCUT2D eigenvalue weighted by molar-refractivity contribution is 0.0787. The third-order valence-corrected chi connectivity index (χ3v) is 6.08. The molecule has 0 aliphatic heterocycles. The van der Waals surface area contributed by atoms with Gasteiger partial charge in [-0.05, 0) is 61.7 Å². The number of carbonyl (C=O) groups is 1. The van der Waals surface area contributed by atoms with Crippen molar-refractivity contribution in [3.8, 4) is 11.3 Å². The van der Waals surface area contributed by atoms with E-state index in [9.17, 15) is 18.8 Å². The molecule has 9 nitrogen and oxygen atoms in total. The number of pyridine rings is 1. The van der Waals surface area contributed by atoms with Crippen molar-refractivity contribution in [1.29, 1.82) is 0 Å². The number of nitrogens with one attached hydrogen (secondary N) is 1. The first kappa shape index (κ1) is 24.1. The number of carbonyl (C=O) groups excluding carboxylic acids is 1. The van der Waals surface area contributed by atoms with Crippen LogP contribution in [0.4, 0.5) is 4.39 Å². The summed E-state index contributed by atoms with van der Waals surface area (Å²) in [4.78, 5) is 43.2. The van der Waals surface area contributed by atoms with Crippen molar-refractivity contribution in [2.24, 2.45) is 14.1 Å². The summed E-state index contributed by atoms with van der Waals surface area (Å²) in [5, 5.41) is 7.61. The largest absolute Gasteiger partial charge is 0.340 e. The number of aromatic amines is 1. The molecule has 1 amide bonds. The zero-order valence-electron chi connectivity index (χ0n) is 19.9. The molecule has 0 aliphatic rings. The highest BCUT2D eigenvalue weighted by Gasteiger charge is 2.16. The fraction of sp³-hybridized carbons (Fsp3) is 0.320. The number of hydrogen-bond acceptors (Lipinski definition) is 5. The Morgan fingerprint density at radius 3 is 2.51 bits per heavy atom. The number of amides is 1. The number of aryl methyl sites for hydroxylation is 2. The highest BCUT2D eigenvalue weighted by molar-refractivity contribution is 5.94. The number of unbranched alkanes of at least 4 members (excludes halogenated alkanes) is 2. The fourth-order valence-electron chi connectivity index (χ4n) is 3.97. The Morgan fingerprint density at radius 2 is 1.77 bits per heavy atom. The highest BCUT2D eigenvalue weighted by atomic mass is 19.1. The minimum absolute atomic E-state index is 0.189. The number of halogens is 1. The van der Waals surface area contributed by atoms with E-state index in [-0.39, 0.29) is 28.5 Å². The van der Waals surface area contributed by atoms with Crippen LogP contribution < -0.4 is 11.2 Å². The number of fused-ring (bicyclic) bond motifs is 1. The zero-order valence-corrected chi connectivity index (χ0v) is 19.9. The van der Waals surface area contributed by atoms with E-state index in [1.807, 2.05) is 6.07 Å². The molecular weight excluding hydrogens is 451 g/mol. The van der Waals surface area contributed by atoms with E-state index in [1.54, 1.807) is 24.1 Å². The highest BCUT2D eigenvalue weighted by Crippen LogP contribution is 2.19. The number of nitrogens with zero attached hydrogens (tertiary/aromatic N) is 5. The third-order valence-electron chi connectivity index (χ3n) is 6.08. The van der Waals surface area contributed by atoms with Crippen molar-refractivity contribution in [1.82, 2.24) is 29.2 Å². The van der Waals surface area contributed by atoms with Gasteiger partial charge in [0.2, 0.25) is 0 Å². The standard InChI is InChI=1S/C25H27FN6O3/c1-30(24(34)20-13-12-19-22(27-20)31(2)25(35)32(3)23(19)33)14-6-4-5-7-18-15-21(29-28-18)16-8-10-17(26)11-9-16/h8-13,15H,4-7,14H2,1-3H3,(H,28,29). The van der Waals surface area contributed by atoms with Gasteiger partial charge in [0.25, 0.3) is 11.5 Å². The van der Waals surface area contributed by atoms with E-state index in [0.29, 0.717) is 6.54 Å². The van der Waals surface area contributed by atoms with Gasteiger partial charge in [-0.2, -0.15) is 5.10 Å². The van der Waals surface area contributed by atoms with Gasteiger partial charge in [0, 0.05) is 38.9 Å². The summed E-state index contributed by atoms with van der Waals surface area (Å²) in [5.74, 6) is -0.543. The van der Waals surface area contributed by atoms with Gasteiger partial charge in [-0.15, -0.1) is 0 Å². The Bertz CT molecular complexity index is 1490. The lowest BCUT2D eigenvalue weighted by Gasteiger charge is -2.17. The van der Waals surface area contributed by atoms with Gasteiger partial charge in [0.15, 0.2) is 0 Å². The first-order valence-electron chi connectivity index (χ1n) is 11.4. The fourth-order valence-corrected chi connectivity index (χ4v) is 3.97. The van der Waals surface area contributed by atoms with Crippen molar-refractivity contribution in [2.75, 3.05) is 13.6 Å². The topological polar surface area (TPSA) is 106 Å². The zero-order chi connectivity index (χ0) is 25.1. The molecule has 0 spiro atoms. The SMILES string of the molecule is CN(CCCCCc1cc(-c2ccc(F)cc2)n[nH]1)C(=O)c1ccc2c(=O)n(C)c(=O)n(C)c2n1. The second kappa shape index (κ2) is 10.0. The summed E-state index contributed by atoms with van der Waals surface area (Å²) >= 11 is 0. The smallest absolute Gasteiger partial charge is 0.332 e. The lowest BCUT2D eigenvalue weighted by atomic mass is 10.1. The first-order chi connectivity index (χ1) is 16.8. The Hall–Kier alpha value is -4.08. The maximum absolute atomic E-state index is 13.1. The number of aromatic nitrogens is 5. The Morgan fingerprint density at radius 1 is 1.03 bits per heavy atom. The van der Waals surface area contributed by atoms with Gasteiger partial charge in [0.1, 0.15) is 17.2 Å². The summed E-state index contributed by atoms with van der Waals surface area (Å²) in [7, 11) is 4.65. The summed E-state index contributed by atoms with van der Waals surface area (Å²) in [6.07, 6.45) is 3.47. The van der Waals surface area contributed by atoms with E-state index in [0.717, 1.165) is 47.2 Å². The molecule has 0 bridgehead atoms. The van der Waals surface area contributed by atoms with Crippen molar-refractivity contribution in [3.63, 3.8) is 0 Å². The van der Waals surface area contributed by atoms with Crippen LogP contribution in [0.3, 0.4) is 0 Å². The van der Waals surface area contributed by atoms with Crippen molar-refractivity contribution in [3.05, 3.63) is 80.5 Å². The predicted octanol–water partition coefficient (Wildman–Crippen LogP) is 2.65. The Labute approximate surface area is 200 Å². The monoisotopic (exact) mass is 478 g/mol. The molecule has 10 heteroatoms. The molecule has 4 aromatic rings. The van der Waals surface area contributed by atoms with Crippen LogP contribution >= 0.6 is 0 Å². The van der Waals surface area contributed by atoms with E-state index in [4.69, 9.17) is 0 Å². The summed E-state index contributed by atoms with van der Waals surface area (Å²) in [5.41, 5.74) is 2.09. The molecule has 4 rings (SSSR count). The number of benzene rings is 1. The van der Waals surface area contributed by atoms with Gasteiger partial charge >= 0.3 is 5.69 Å². The summed E-state index contributed by atoms with van der Waals surface area (Å²) in [6, 6.07) is 11.3. The molecule has 0 atom stereocenters. The number of H-pyrrole nitrogens is 1. The van der Waals surface area contributed by atoms with Crippen LogP contribution in [0.25, 0.3) is 22.3 Å². The van der Waals surface area contributed by atoms with Crippen LogP contribution in [0.15, 0.2) is 52.1 Å². The molecule has 0 aliphatic carbocycles. The van der Waals surface area contributed by atoms with Gasteiger partial charge in [0.05, 0.1) is 11.1 Å². The van der Waals surface area contributed by atoms with Crippen LogP contribution in [-0.2, 0) is 20.5 Å². The quantitative estimate of drug-likeness (QED) is 0.392. The molecule has 1 aromatic carbocycles. The molecule has 0 saturated carbocycles. The van der Waals surface area contributed by atoms with E-state index < -0.39 is 11.2 Å². The Balaban J connectivity index is 1.30. The normalized spacial score (nSPS) is 11.2. The van der Waals surface area contributed by atoms with Crippen LogP contribution in [0, 0.1) is 5.82 Å². The van der Waals surface area contributed by atoms with Crippen molar-refractivity contribution < 1.29 is 9.18 Å². The summed E-state index contributed by atoms with van der Waals surface area (Å²) in [6.45, 7) is 0.553. The predicted molar refractivity (Wildman–Crippen MR) is 131 cm³/mol. The molecule has 3 aromatic heterocycles. The van der Waals surface area contributed by atoms with E-state index in [1.165, 1.54) is 42.9 Å². The third kappa shape index (κ3) is 5.06. The molecule has 1 N–H and O–H groups in total. The average Bonchev–Trinajstić information content (AvgIpc) is 3.34. The van der Waals surface area contributed by atoms with Gasteiger partial charge < -0.3 is 4.90 Å². The molecule has 35 heavy (non-hydrogen) atoms. The van der Waals surface area contributed by atoms with Crippen molar-refractivity contribution >= 4 is 16.9 Å². The molecular formula is C25H27FN6O3. The first-order valence-corrected chi connectivity index (χ1v) is 11.4. The van der Waals surface area contributed by atoms with Gasteiger partial charge in [-0.1, -0.05) is 6.42 Å². The van der Waals surface area contributed by atoms with Crippen LogP contribution in [0.1, 0.15) is 35.4 Å². The molecule has 0 saturated heterocycles. The molecule has 0 radical (unpaired) electrons. The van der Waals surface area contributed by atoms with Crippen LogP contribution in [-0.4, -0.2) is 48.7 Å². The van der Waals surface area contributed by atoms with Crippen LogP contribution in [0.2, 0.25) is 0 Å². The van der Waals surface area contributed by atoms with E-state index >= 15 is 0 Å². The average molecular weight is 479 g/mol. The molecule has 182 valence electrons.